The van der Waals surface area contributed by atoms with E-state index in [2.05, 4.69) is 0 Å². The first-order valence-corrected chi connectivity index (χ1v) is 3.72. The fourth-order valence-corrected chi connectivity index (χ4v) is 0.944. The molecule has 0 nitrogen and oxygen atoms in total. The van der Waals surface area contributed by atoms with Crippen molar-refractivity contribution in [1.82, 2.24) is 0 Å². The Hall–Kier alpha value is -1.06. The second-order valence-corrected chi connectivity index (χ2v) is 2.80. The SMILES string of the molecule is CC1=CCC(C(F)(F)F)=CC=C1F. The van der Waals surface area contributed by atoms with E-state index in [-0.39, 0.29) is 12.0 Å². The van der Waals surface area contributed by atoms with Crippen LogP contribution in [0.2, 0.25) is 0 Å². The van der Waals surface area contributed by atoms with E-state index >= 15 is 0 Å². The molecule has 0 saturated heterocycles. The Balaban J connectivity index is 2.96. The molecule has 0 aromatic rings. The van der Waals surface area contributed by atoms with Crippen molar-refractivity contribution >= 4 is 0 Å². The Morgan fingerprint density at radius 3 is 2.38 bits per heavy atom. The highest BCUT2D eigenvalue weighted by Gasteiger charge is 2.32. The third kappa shape index (κ3) is 2.44. The molecule has 0 atom stereocenters. The molecule has 0 amide bonds. The minimum absolute atomic E-state index is 0.246. The van der Waals surface area contributed by atoms with Crippen LogP contribution in [0, 0.1) is 0 Å². The monoisotopic (exact) mass is 192 g/mol. The summed E-state index contributed by atoms with van der Waals surface area (Å²) in [4.78, 5) is 0. The molecule has 0 aromatic carbocycles. The van der Waals surface area contributed by atoms with E-state index in [0.29, 0.717) is 0 Å². The maximum Gasteiger partial charge on any atom is 0.412 e. The minimum atomic E-state index is -4.36. The summed E-state index contributed by atoms with van der Waals surface area (Å²) in [7, 11) is 0. The van der Waals surface area contributed by atoms with Gasteiger partial charge in [-0.25, -0.2) is 4.39 Å². The van der Waals surface area contributed by atoms with Gasteiger partial charge in [-0.05, 0) is 25.0 Å². The first kappa shape index (κ1) is 10.0. The number of hydrogen-bond acceptors (Lipinski definition) is 0. The van der Waals surface area contributed by atoms with Gasteiger partial charge in [-0.15, -0.1) is 0 Å². The molecule has 0 radical (unpaired) electrons. The maximum atomic E-state index is 12.8. The summed E-state index contributed by atoms with van der Waals surface area (Å²) in [5.41, 5.74) is -0.477. The summed E-state index contributed by atoms with van der Waals surface area (Å²) < 4.78 is 49.2. The van der Waals surface area contributed by atoms with E-state index in [0.717, 1.165) is 12.2 Å². The standard InChI is InChI=1S/C9H8F4/c1-6-2-3-7(9(11,12)13)4-5-8(6)10/h2,4-5H,3H2,1H3. The smallest absolute Gasteiger partial charge is 0.207 e. The van der Waals surface area contributed by atoms with Crippen molar-refractivity contribution in [2.24, 2.45) is 0 Å². The summed E-state index contributed by atoms with van der Waals surface area (Å²) in [6.45, 7) is 1.44. The molecular formula is C9H8F4. The van der Waals surface area contributed by atoms with Crippen molar-refractivity contribution < 1.29 is 17.6 Å². The highest BCUT2D eigenvalue weighted by Crippen LogP contribution is 2.31. The maximum absolute atomic E-state index is 12.8. The van der Waals surface area contributed by atoms with E-state index in [4.69, 9.17) is 0 Å². The highest BCUT2D eigenvalue weighted by atomic mass is 19.4. The molecule has 0 aliphatic heterocycles. The molecule has 1 aliphatic rings. The van der Waals surface area contributed by atoms with E-state index in [1.165, 1.54) is 13.0 Å². The lowest BCUT2D eigenvalue weighted by Crippen LogP contribution is -2.10. The Morgan fingerprint density at radius 1 is 1.23 bits per heavy atom. The van der Waals surface area contributed by atoms with E-state index in [1.54, 1.807) is 0 Å². The van der Waals surface area contributed by atoms with E-state index in [1.807, 2.05) is 0 Å². The van der Waals surface area contributed by atoms with Gasteiger partial charge in [0.1, 0.15) is 5.83 Å². The number of allylic oxidation sites excluding steroid dienone is 6. The quantitative estimate of drug-likeness (QED) is 0.513. The van der Waals surface area contributed by atoms with Crippen LogP contribution >= 0.6 is 0 Å². The second kappa shape index (κ2) is 3.36. The van der Waals surface area contributed by atoms with Gasteiger partial charge in [0.15, 0.2) is 0 Å². The van der Waals surface area contributed by atoms with Crippen LogP contribution in [0.3, 0.4) is 0 Å². The first-order valence-electron chi connectivity index (χ1n) is 3.72. The number of hydrogen-bond donors (Lipinski definition) is 0. The van der Waals surface area contributed by atoms with Gasteiger partial charge in [0, 0.05) is 5.57 Å². The molecule has 13 heavy (non-hydrogen) atoms. The summed E-state index contributed by atoms with van der Waals surface area (Å²) in [5.74, 6) is -0.612. The van der Waals surface area contributed by atoms with Crippen LogP contribution in [-0.4, -0.2) is 6.18 Å². The molecule has 0 N–H and O–H groups in total. The number of rotatable bonds is 0. The van der Waals surface area contributed by atoms with Crippen LogP contribution < -0.4 is 0 Å². The van der Waals surface area contributed by atoms with Gasteiger partial charge in [0.25, 0.3) is 0 Å². The molecular weight excluding hydrogens is 184 g/mol. The predicted molar refractivity (Wildman–Crippen MR) is 41.7 cm³/mol. The van der Waals surface area contributed by atoms with Crippen LogP contribution in [0.15, 0.2) is 35.2 Å². The lowest BCUT2D eigenvalue weighted by atomic mass is 10.1. The van der Waals surface area contributed by atoms with Crippen LogP contribution in [0.4, 0.5) is 17.6 Å². The van der Waals surface area contributed by atoms with Gasteiger partial charge < -0.3 is 0 Å². The van der Waals surface area contributed by atoms with Gasteiger partial charge in [0.05, 0.1) is 0 Å². The molecule has 0 saturated carbocycles. The lowest BCUT2D eigenvalue weighted by Gasteiger charge is -2.07. The zero-order valence-corrected chi connectivity index (χ0v) is 6.95. The lowest BCUT2D eigenvalue weighted by molar-refractivity contribution is -0.0928. The molecule has 72 valence electrons. The van der Waals surface area contributed by atoms with Crippen molar-refractivity contribution in [2.75, 3.05) is 0 Å². The topological polar surface area (TPSA) is 0 Å². The van der Waals surface area contributed by atoms with Crippen LogP contribution in [0.5, 0.6) is 0 Å². The van der Waals surface area contributed by atoms with Gasteiger partial charge in [-0.3, -0.25) is 0 Å². The Kier molecular flexibility index (Phi) is 2.59. The largest absolute Gasteiger partial charge is 0.412 e. The third-order valence-electron chi connectivity index (χ3n) is 1.80. The van der Waals surface area contributed by atoms with Crippen molar-refractivity contribution in [3.8, 4) is 0 Å². The zero-order valence-electron chi connectivity index (χ0n) is 6.95. The van der Waals surface area contributed by atoms with Gasteiger partial charge in [0.2, 0.25) is 0 Å². The van der Waals surface area contributed by atoms with Crippen molar-refractivity contribution in [1.29, 1.82) is 0 Å². The summed E-state index contributed by atoms with van der Waals surface area (Å²) >= 11 is 0. The van der Waals surface area contributed by atoms with E-state index < -0.39 is 17.6 Å². The molecule has 0 fully saturated rings. The van der Waals surface area contributed by atoms with Crippen LogP contribution in [0.1, 0.15) is 13.3 Å². The van der Waals surface area contributed by atoms with Crippen molar-refractivity contribution in [2.45, 2.75) is 19.5 Å². The average Bonchev–Trinajstić information content (AvgIpc) is 2.14. The van der Waals surface area contributed by atoms with Crippen LogP contribution in [0.25, 0.3) is 0 Å². The molecule has 0 bridgehead atoms. The first-order chi connectivity index (χ1) is 5.91. The Labute approximate surface area is 73.2 Å². The molecule has 0 spiro atoms. The van der Waals surface area contributed by atoms with Crippen molar-refractivity contribution in [3.63, 3.8) is 0 Å². The Bertz CT molecular complexity index is 291. The van der Waals surface area contributed by atoms with Gasteiger partial charge in [-0.1, -0.05) is 12.2 Å². The fraction of sp³-hybridized carbons (Fsp3) is 0.333. The fourth-order valence-electron chi connectivity index (χ4n) is 0.944. The van der Waals surface area contributed by atoms with E-state index in [9.17, 15) is 17.6 Å². The van der Waals surface area contributed by atoms with Gasteiger partial charge in [-0.2, -0.15) is 13.2 Å². The van der Waals surface area contributed by atoms with Crippen LogP contribution in [-0.2, 0) is 0 Å². The molecule has 1 rings (SSSR count). The van der Waals surface area contributed by atoms with Crippen molar-refractivity contribution in [3.05, 3.63) is 35.2 Å². The second-order valence-electron chi connectivity index (χ2n) is 2.80. The summed E-state index contributed by atoms with van der Waals surface area (Å²) in [6.07, 6.45) is -1.76. The number of alkyl halides is 3. The van der Waals surface area contributed by atoms with Gasteiger partial charge >= 0.3 is 6.18 Å². The third-order valence-corrected chi connectivity index (χ3v) is 1.80. The molecule has 1 aliphatic carbocycles. The molecule has 0 aromatic heterocycles. The minimum Gasteiger partial charge on any atom is -0.207 e. The highest BCUT2D eigenvalue weighted by molar-refractivity contribution is 5.34. The molecule has 0 unspecified atom stereocenters. The normalized spacial score (nSPS) is 18.7. The summed E-state index contributed by atoms with van der Waals surface area (Å²) in [6, 6.07) is 0. The number of halogens is 4. The Morgan fingerprint density at radius 2 is 1.85 bits per heavy atom. The molecule has 0 heterocycles. The summed E-state index contributed by atoms with van der Waals surface area (Å²) in [5, 5.41) is 0. The molecule has 4 heteroatoms. The predicted octanol–water partition coefficient (Wildman–Crippen LogP) is 3.68. The average molecular weight is 192 g/mol. The zero-order chi connectivity index (χ0) is 10.1.